The number of aryl methyl sites for hydroxylation is 1. The number of benzene rings is 2. The minimum atomic E-state index is -0.230. The van der Waals surface area contributed by atoms with E-state index in [2.05, 4.69) is 26.1 Å². The van der Waals surface area contributed by atoms with Crippen molar-refractivity contribution in [2.75, 3.05) is 18.4 Å². The van der Waals surface area contributed by atoms with Crippen LogP contribution in [0.3, 0.4) is 0 Å². The van der Waals surface area contributed by atoms with Gasteiger partial charge in [0.1, 0.15) is 6.04 Å². The van der Waals surface area contributed by atoms with Gasteiger partial charge in [-0.25, -0.2) is 0 Å². The highest BCUT2D eigenvalue weighted by atomic mass is 79.9. The van der Waals surface area contributed by atoms with Gasteiger partial charge in [0.15, 0.2) is 0 Å². The summed E-state index contributed by atoms with van der Waals surface area (Å²) < 4.78 is 0.916. The number of rotatable bonds is 4. The van der Waals surface area contributed by atoms with Crippen LogP contribution in [0.25, 0.3) is 0 Å². The molecule has 1 saturated heterocycles. The topological polar surface area (TPSA) is 32.3 Å². The molecule has 4 heteroatoms. The van der Waals surface area contributed by atoms with Gasteiger partial charge in [-0.15, -0.1) is 0 Å². The molecule has 0 aliphatic carbocycles. The van der Waals surface area contributed by atoms with Crippen LogP contribution in [0, 0.1) is 6.92 Å². The predicted octanol–water partition coefficient (Wildman–Crippen LogP) is 4.53. The van der Waals surface area contributed by atoms with E-state index in [1.807, 2.05) is 55.5 Å². The lowest BCUT2D eigenvalue weighted by Gasteiger charge is -2.27. The fourth-order valence-electron chi connectivity index (χ4n) is 3.09. The van der Waals surface area contributed by atoms with Crippen molar-refractivity contribution < 1.29 is 4.79 Å². The Morgan fingerprint density at radius 1 is 1.13 bits per heavy atom. The average molecular weight is 373 g/mol. The van der Waals surface area contributed by atoms with Gasteiger partial charge < -0.3 is 5.32 Å². The minimum absolute atomic E-state index is 0.0302. The quantitative estimate of drug-likeness (QED) is 0.854. The Hall–Kier alpha value is -1.65. The second-order valence-corrected chi connectivity index (χ2v) is 6.88. The molecule has 1 amide bonds. The molecule has 0 spiro atoms. The van der Waals surface area contributed by atoms with E-state index in [0.717, 1.165) is 47.2 Å². The number of halogens is 1. The summed E-state index contributed by atoms with van der Waals surface area (Å²) in [4.78, 5) is 15.2. The van der Waals surface area contributed by atoms with Crippen molar-refractivity contribution in [1.82, 2.24) is 4.90 Å². The van der Waals surface area contributed by atoms with Crippen molar-refractivity contribution in [3.8, 4) is 0 Å². The second kappa shape index (κ2) is 7.28. The van der Waals surface area contributed by atoms with Crippen LogP contribution in [-0.4, -0.2) is 23.9 Å². The van der Waals surface area contributed by atoms with Gasteiger partial charge in [0, 0.05) is 4.47 Å². The molecule has 3 rings (SSSR count). The summed E-state index contributed by atoms with van der Waals surface area (Å²) in [5.74, 6) is 0.0302. The zero-order chi connectivity index (χ0) is 16.2. The molecular formula is C19H21BrN2O. The molecule has 0 radical (unpaired) electrons. The van der Waals surface area contributed by atoms with Gasteiger partial charge in [-0.3, -0.25) is 9.69 Å². The molecule has 2 aromatic rings. The zero-order valence-corrected chi connectivity index (χ0v) is 14.8. The number of hydrogen-bond donors (Lipinski definition) is 1. The first-order chi connectivity index (χ1) is 11.1. The molecule has 0 aromatic heterocycles. The minimum Gasteiger partial charge on any atom is -0.323 e. The summed E-state index contributed by atoms with van der Waals surface area (Å²) in [5, 5.41) is 3.09. The molecule has 0 saturated carbocycles. The number of carbonyl (C=O) groups excluding carboxylic acids is 1. The summed E-state index contributed by atoms with van der Waals surface area (Å²) in [6.45, 7) is 3.98. The zero-order valence-electron chi connectivity index (χ0n) is 13.3. The molecular weight excluding hydrogens is 352 g/mol. The van der Waals surface area contributed by atoms with E-state index in [1.165, 1.54) is 0 Å². The van der Waals surface area contributed by atoms with Crippen LogP contribution in [0.2, 0.25) is 0 Å². The van der Waals surface area contributed by atoms with Crippen LogP contribution in [0.1, 0.15) is 30.0 Å². The lowest BCUT2D eigenvalue weighted by molar-refractivity contribution is -0.121. The molecule has 3 nitrogen and oxygen atoms in total. The van der Waals surface area contributed by atoms with Gasteiger partial charge in [-0.1, -0.05) is 36.4 Å². The van der Waals surface area contributed by atoms with Crippen molar-refractivity contribution in [3.05, 3.63) is 64.1 Å². The van der Waals surface area contributed by atoms with Crippen molar-refractivity contribution in [3.63, 3.8) is 0 Å². The molecule has 0 bridgehead atoms. The maximum atomic E-state index is 13.0. The van der Waals surface area contributed by atoms with E-state index in [9.17, 15) is 4.79 Å². The molecule has 1 unspecified atom stereocenters. The second-order valence-electron chi connectivity index (χ2n) is 6.03. The van der Waals surface area contributed by atoms with E-state index >= 15 is 0 Å². The van der Waals surface area contributed by atoms with Gasteiger partial charge >= 0.3 is 0 Å². The summed E-state index contributed by atoms with van der Waals surface area (Å²) in [7, 11) is 0. The number of nitrogens with one attached hydrogen (secondary N) is 1. The summed E-state index contributed by atoms with van der Waals surface area (Å²) in [6, 6.07) is 15.8. The summed E-state index contributed by atoms with van der Waals surface area (Å²) >= 11 is 3.54. The highest BCUT2D eigenvalue weighted by molar-refractivity contribution is 9.10. The van der Waals surface area contributed by atoms with Crippen LogP contribution in [-0.2, 0) is 4.79 Å². The number of likely N-dealkylation sites (tertiary alicyclic amines) is 1. The molecule has 1 aliphatic rings. The first-order valence-corrected chi connectivity index (χ1v) is 8.80. The number of carbonyl (C=O) groups is 1. The van der Waals surface area contributed by atoms with Crippen molar-refractivity contribution in [1.29, 1.82) is 0 Å². The number of anilines is 1. The smallest absolute Gasteiger partial charge is 0.246 e. The van der Waals surface area contributed by atoms with E-state index in [-0.39, 0.29) is 11.9 Å². The fraction of sp³-hybridized carbons (Fsp3) is 0.316. The van der Waals surface area contributed by atoms with E-state index in [4.69, 9.17) is 0 Å². The third-order valence-electron chi connectivity index (χ3n) is 4.25. The number of hydrogen-bond acceptors (Lipinski definition) is 2. The Morgan fingerprint density at radius 2 is 1.83 bits per heavy atom. The van der Waals surface area contributed by atoms with Gasteiger partial charge in [-0.2, -0.15) is 0 Å². The first-order valence-electron chi connectivity index (χ1n) is 8.01. The van der Waals surface area contributed by atoms with Crippen molar-refractivity contribution in [2.24, 2.45) is 0 Å². The van der Waals surface area contributed by atoms with Gasteiger partial charge in [-0.05, 0) is 72.0 Å². The van der Waals surface area contributed by atoms with E-state index < -0.39 is 0 Å². The van der Waals surface area contributed by atoms with Gasteiger partial charge in [0.2, 0.25) is 5.91 Å². The van der Waals surface area contributed by atoms with Crippen molar-refractivity contribution in [2.45, 2.75) is 25.8 Å². The van der Waals surface area contributed by atoms with Crippen LogP contribution in [0.15, 0.2) is 53.0 Å². The highest BCUT2D eigenvalue weighted by Crippen LogP contribution is 2.29. The lowest BCUT2D eigenvalue weighted by atomic mass is 10.0. The predicted molar refractivity (Wildman–Crippen MR) is 97.5 cm³/mol. The normalized spacial score (nSPS) is 16.3. The third-order valence-corrected chi connectivity index (χ3v) is 4.91. The van der Waals surface area contributed by atoms with Crippen LogP contribution in [0.4, 0.5) is 5.69 Å². The highest BCUT2D eigenvalue weighted by Gasteiger charge is 2.29. The Balaban J connectivity index is 1.85. The molecule has 1 N–H and O–H groups in total. The largest absolute Gasteiger partial charge is 0.323 e. The average Bonchev–Trinajstić information content (AvgIpc) is 3.05. The Bertz CT molecular complexity index is 681. The number of amides is 1. The van der Waals surface area contributed by atoms with Crippen LogP contribution < -0.4 is 5.32 Å². The standard InChI is InChI=1S/C19H21BrN2O/c1-14-9-10-17(16(20)13-14)21-19(23)18(22-11-5-6-12-22)15-7-3-2-4-8-15/h2-4,7-10,13,18H,5-6,11-12H2,1H3,(H,21,23). The van der Waals surface area contributed by atoms with Crippen LogP contribution in [0.5, 0.6) is 0 Å². The van der Waals surface area contributed by atoms with E-state index in [0.29, 0.717) is 0 Å². The molecule has 23 heavy (non-hydrogen) atoms. The molecule has 120 valence electrons. The molecule has 1 fully saturated rings. The lowest BCUT2D eigenvalue weighted by Crippen LogP contribution is -2.35. The Morgan fingerprint density at radius 3 is 2.48 bits per heavy atom. The fourth-order valence-corrected chi connectivity index (χ4v) is 3.68. The summed E-state index contributed by atoms with van der Waals surface area (Å²) in [6.07, 6.45) is 2.32. The van der Waals surface area contributed by atoms with Gasteiger partial charge in [0.25, 0.3) is 0 Å². The van der Waals surface area contributed by atoms with E-state index in [1.54, 1.807) is 0 Å². The number of nitrogens with zero attached hydrogens (tertiary/aromatic N) is 1. The molecule has 1 heterocycles. The molecule has 1 aliphatic heterocycles. The van der Waals surface area contributed by atoms with Crippen LogP contribution >= 0.6 is 15.9 Å². The van der Waals surface area contributed by atoms with Gasteiger partial charge in [0.05, 0.1) is 5.69 Å². The SMILES string of the molecule is Cc1ccc(NC(=O)C(c2ccccc2)N2CCCC2)c(Br)c1. The maximum absolute atomic E-state index is 13.0. The Kier molecular flexibility index (Phi) is 5.13. The monoisotopic (exact) mass is 372 g/mol. The molecule has 2 aromatic carbocycles. The molecule has 1 atom stereocenters. The van der Waals surface area contributed by atoms with Crippen molar-refractivity contribution >= 4 is 27.5 Å². The first kappa shape index (κ1) is 16.2. The third kappa shape index (κ3) is 3.82. The summed E-state index contributed by atoms with van der Waals surface area (Å²) in [5.41, 5.74) is 3.03. The maximum Gasteiger partial charge on any atom is 0.246 e. The Labute approximate surface area is 145 Å².